The summed E-state index contributed by atoms with van der Waals surface area (Å²) >= 11 is 4.64. The lowest BCUT2D eigenvalue weighted by Crippen LogP contribution is -2.30. The van der Waals surface area contributed by atoms with Gasteiger partial charge in [-0.25, -0.2) is 4.99 Å². The first kappa shape index (κ1) is 19.5. The molecule has 0 aliphatic rings. The molecule has 2 rings (SSSR count). The predicted molar refractivity (Wildman–Crippen MR) is 103 cm³/mol. The van der Waals surface area contributed by atoms with Crippen molar-refractivity contribution in [2.45, 2.75) is 13.0 Å². The van der Waals surface area contributed by atoms with Crippen LogP contribution < -0.4 is 16.8 Å². The summed E-state index contributed by atoms with van der Waals surface area (Å²) < 4.78 is 0. The van der Waals surface area contributed by atoms with E-state index in [-0.39, 0.29) is 5.96 Å². The summed E-state index contributed by atoms with van der Waals surface area (Å²) in [7, 11) is 0. The van der Waals surface area contributed by atoms with Crippen LogP contribution in [0.4, 0.5) is 0 Å². The van der Waals surface area contributed by atoms with E-state index < -0.39 is 0 Å². The Kier molecular flexibility index (Phi) is 9.73. The van der Waals surface area contributed by atoms with Crippen molar-refractivity contribution in [1.29, 1.82) is 0 Å². The largest absolute Gasteiger partial charge is 0.370 e. The van der Waals surface area contributed by atoms with Gasteiger partial charge >= 0.3 is 0 Å². The van der Waals surface area contributed by atoms with Gasteiger partial charge in [0.1, 0.15) is 0 Å². The maximum Gasteiger partial charge on any atom is 0.221 e. The van der Waals surface area contributed by atoms with Crippen LogP contribution >= 0.6 is 11.6 Å². The van der Waals surface area contributed by atoms with Gasteiger partial charge in [-0.3, -0.25) is 0 Å². The van der Waals surface area contributed by atoms with Crippen molar-refractivity contribution in [2.75, 3.05) is 12.9 Å². The molecule has 0 amide bonds. The van der Waals surface area contributed by atoms with Crippen LogP contribution in [0.2, 0.25) is 0 Å². The topological polar surface area (TPSA) is 88.8 Å². The molecule has 0 heterocycles. The number of hydrogen-bond donors (Lipinski definition) is 3. The molecule has 24 heavy (non-hydrogen) atoms. The number of nitrogens with zero attached hydrogens (tertiary/aromatic N) is 2. The van der Waals surface area contributed by atoms with Crippen molar-refractivity contribution in [2.24, 2.45) is 21.5 Å². The van der Waals surface area contributed by atoms with E-state index in [0.717, 1.165) is 12.0 Å². The van der Waals surface area contributed by atoms with E-state index in [1.165, 1.54) is 11.9 Å². The molecule has 0 saturated carbocycles. The fourth-order valence-electron chi connectivity index (χ4n) is 1.97. The number of benzene rings is 2. The molecule has 0 fully saturated rings. The fourth-order valence-corrected chi connectivity index (χ4v) is 1.97. The molecule has 5 N–H and O–H groups in total. The number of rotatable bonds is 5. The van der Waals surface area contributed by atoms with Crippen LogP contribution in [0, 0.1) is 0 Å². The molecular weight excluding hydrogens is 322 g/mol. The Bertz CT molecular complexity index is 622. The van der Waals surface area contributed by atoms with Gasteiger partial charge in [0.25, 0.3) is 0 Å². The minimum absolute atomic E-state index is 0.000905. The minimum atomic E-state index is -0.000905. The van der Waals surface area contributed by atoms with Gasteiger partial charge in [-0.15, -0.1) is 11.6 Å². The van der Waals surface area contributed by atoms with E-state index in [9.17, 15) is 0 Å². The Morgan fingerprint density at radius 3 is 2.00 bits per heavy atom. The Morgan fingerprint density at radius 2 is 1.46 bits per heavy atom. The van der Waals surface area contributed by atoms with Crippen molar-refractivity contribution >= 4 is 23.5 Å². The first-order chi connectivity index (χ1) is 11.7. The van der Waals surface area contributed by atoms with Crippen molar-refractivity contribution < 1.29 is 0 Å². The highest BCUT2D eigenvalue weighted by atomic mass is 35.5. The van der Waals surface area contributed by atoms with Crippen LogP contribution in [0.1, 0.15) is 11.1 Å². The van der Waals surface area contributed by atoms with Gasteiger partial charge in [0.15, 0.2) is 5.96 Å². The maximum atomic E-state index is 5.45. The quantitative estimate of drug-likeness (QED) is 0.442. The molecule has 0 aliphatic heterocycles. The minimum Gasteiger partial charge on any atom is -0.370 e. The SMILES string of the molecule is CCl.NC(N)=NC(=NCc1ccccc1)NCCc1ccccc1. The Hall–Kier alpha value is -2.53. The van der Waals surface area contributed by atoms with Crippen LogP contribution in [-0.2, 0) is 13.0 Å². The van der Waals surface area contributed by atoms with Gasteiger partial charge in [-0.05, 0) is 17.5 Å². The smallest absolute Gasteiger partial charge is 0.221 e. The zero-order valence-corrected chi connectivity index (χ0v) is 14.6. The van der Waals surface area contributed by atoms with Crippen LogP contribution in [0.15, 0.2) is 70.6 Å². The molecule has 128 valence electrons. The summed E-state index contributed by atoms with van der Waals surface area (Å²) in [4.78, 5) is 8.46. The van der Waals surface area contributed by atoms with E-state index in [0.29, 0.717) is 19.0 Å². The molecule has 0 atom stereocenters. The van der Waals surface area contributed by atoms with Gasteiger partial charge in [0, 0.05) is 12.9 Å². The summed E-state index contributed by atoms with van der Waals surface area (Å²) in [6.07, 6.45) is 2.35. The normalized spacial score (nSPS) is 10.3. The van der Waals surface area contributed by atoms with E-state index >= 15 is 0 Å². The summed E-state index contributed by atoms with van der Waals surface area (Å²) in [5, 5.41) is 3.17. The zero-order chi connectivity index (χ0) is 17.6. The number of alkyl halides is 1. The number of guanidine groups is 2. The van der Waals surface area contributed by atoms with E-state index in [4.69, 9.17) is 11.5 Å². The molecule has 0 aliphatic carbocycles. The van der Waals surface area contributed by atoms with Crippen LogP contribution in [0.5, 0.6) is 0 Å². The van der Waals surface area contributed by atoms with E-state index in [2.05, 4.69) is 39.0 Å². The Balaban J connectivity index is 0.00000139. The highest BCUT2D eigenvalue weighted by Crippen LogP contribution is 2.01. The number of halogens is 1. The average Bonchev–Trinajstić information content (AvgIpc) is 2.62. The van der Waals surface area contributed by atoms with Gasteiger partial charge < -0.3 is 16.8 Å². The molecule has 0 spiro atoms. The number of nitrogens with two attached hydrogens (primary N) is 2. The molecule has 2 aromatic carbocycles. The molecule has 0 saturated heterocycles. The molecule has 0 bridgehead atoms. The van der Waals surface area contributed by atoms with E-state index in [1.807, 2.05) is 48.5 Å². The number of hydrogen-bond acceptors (Lipinski definition) is 1. The number of nitrogens with one attached hydrogen (secondary N) is 1. The van der Waals surface area contributed by atoms with Crippen molar-refractivity contribution in [3.05, 3.63) is 71.8 Å². The first-order valence-electron chi connectivity index (χ1n) is 7.57. The third-order valence-electron chi connectivity index (χ3n) is 3.03. The predicted octanol–water partition coefficient (Wildman–Crippen LogP) is 2.50. The van der Waals surface area contributed by atoms with Crippen LogP contribution in [-0.4, -0.2) is 24.8 Å². The van der Waals surface area contributed by atoms with Gasteiger partial charge in [0.05, 0.1) is 6.54 Å². The van der Waals surface area contributed by atoms with Crippen LogP contribution in [0.3, 0.4) is 0 Å². The average molecular weight is 346 g/mol. The summed E-state index contributed by atoms with van der Waals surface area (Å²) in [6.45, 7) is 1.25. The lowest BCUT2D eigenvalue weighted by atomic mass is 10.1. The lowest BCUT2D eigenvalue weighted by molar-refractivity contribution is 0.847. The third kappa shape index (κ3) is 8.19. The number of aliphatic imine (C=N–C) groups is 2. The molecular formula is C18H24ClN5. The van der Waals surface area contributed by atoms with Gasteiger partial charge in [0.2, 0.25) is 5.96 Å². The zero-order valence-electron chi connectivity index (χ0n) is 13.8. The highest BCUT2D eigenvalue weighted by molar-refractivity contribution is 6.15. The Morgan fingerprint density at radius 1 is 0.917 bits per heavy atom. The molecule has 2 aromatic rings. The first-order valence-corrected chi connectivity index (χ1v) is 8.33. The van der Waals surface area contributed by atoms with Crippen molar-refractivity contribution in [3.8, 4) is 0 Å². The monoisotopic (exact) mass is 345 g/mol. The van der Waals surface area contributed by atoms with Crippen molar-refractivity contribution in [1.82, 2.24) is 5.32 Å². The second-order valence-corrected chi connectivity index (χ2v) is 4.82. The van der Waals surface area contributed by atoms with Crippen molar-refractivity contribution in [3.63, 3.8) is 0 Å². The molecule has 5 nitrogen and oxygen atoms in total. The maximum absolute atomic E-state index is 5.45. The van der Waals surface area contributed by atoms with E-state index in [1.54, 1.807) is 0 Å². The third-order valence-corrected chi connectivity index (χ3v) is 3.03. The summed E-state index contributed by atoms with van der Waals surface area (Å²) in [6, 6.07) is 20.2. The second-order valence-electron chi connectivity index (χ2n) is 4.82. The fraction of sp³-hybridized carbons (Fsp3) is 0.222. The lowest BCUT2D eigenvalue weighted by Gasteiger charge is -2.07. The second kappa shape index (κ2) is 12.0. The molecule has 0 unspecified atom stereocenters. The Labute approximate surface area is 148 Å². The molecule has 0 aromatic heterocycles. The molecule has 6 heteroatoms. The molecule has 0 radical (unpaired) electrons. The summed E-state index contributed by atoms with van der Waals surface area (Å²) in [5.74, 6) is 0.457. The van der Waals surface area contributed by atoms with Gasteiger partial charge in [-0.1, -0.05) is 60.7 Å². The van der Waals surface area contributed by atoms with Gasteiger partial charge in [-0.2, -0.15) is 4.99 Å². The standard InChI is InChI=1S/C17H21N5.CH3Cl/c18-16(19)22-17(21-13-15-9-5-2-6-10-15)20-12-11-14-7-3-1-4-8-14;1-2/h1-10H,11-13H2,(H5,18,19,20,21,22);1H3. The highest BCUT2D eigenvalue weighted by Gasteiger charge is 1.98. The van der Waals surface area contributed by atoms with Crippen LogP contribution in [0.25, 0.3) is 0 Å². The summed E-state index contributed by atoms with van der Waals surface area (Å²) in [5.41, 5.74) is 13.3.